The molecule has 550 valence electrons. The van der Waals surface area contributed by atoms with Gasteiger partial charge >= 0.3 is 5.97 Å². The number of methoxy groups -OCH3 is 1. The van der Waals surface area contributed by atoms with Crippen LogP contribution in [0.3, 0.4) is 0 Å². The van der Waals surface area contributed by atoms with E-state index in [1.54, 1.807) is 7.11 Å². The molecular formula is C75H158N10O7. The minimum Gasteiger partial charge on any atom is -0.481 e. The van der Waals surface area contributed by atoms with Crippen molar-refractivity contribution in [1.29, 1.82) is 0 Å². The molecule has 17 heteroatoms. The maximum Gasteiger partial charge on any atom is 0.306 e. The summed E-state index contributed by atoms with van der Waals surface area (Å²) >= 11 is 0. The van der Waals surface area contributed by atoms with Crippen molar-refractivity contribution in [1.82, 2.24) is 49.0 Å². The van der Waals surface area contributed by atoms with Gasteiger partial charge in [0.05, 0.1) is 29.8 Å². The molecule has 0 aromatic carbocycles. The summed E-state index contributed by atoms with van der Waals surface area (Å²) in [5.41, 5.74) is -0.0109. The Hall–Kier alpha value is -1.13. The van der Waals surface area contributed by atoms with Crippen molar-refractivity contribution in [2.75, 3.05) is 145 Å². The number of nitrogens with zero attached hydrogens (tertiary/aromatic N) is 10. The number of β-amino-alcohol motifs (C(OH)–C–C–N with tert-alkyl or cyclic N) is 3. The van der Waals surface area contributed by atoms with Gasteiger partial charge < -0.3 is 54.8 Å². The van der Waals surface area contributed by atoms with Crippen LogP contribution in [0.25, 0.3) is 0 Å². The highest BCUT2D eigenvalue weighted by Gasteiger charge is 2.37. The maximum atomic E-state index is 10.6. The summed E-state index contributed by atoms with van der Waals surface area (Å²) < 4.78 is 5.12. The second-order valence-corrected chi connectivity index (χ2v) is 32.5. The number of aliphatic hydroxyl groups is 4. The van der Waals surface area contributed by atoms with E-state index in [2.05, 4.69) is 201 Å². The molecule has 0 aromatic rings. The van der Waals surface area contributed by atoms with Gasteiger partial charge in [-0.05, 0) is 288 Å². The van der Waals surface area contributed by atoms with Crippen molar-refractivity contribution in [2.45, 2.75) is 320 Å². The van der Waals surface area contributed by atoms with Gasteiger partial charge in [-0.3, -0.25) is 29.3 Å². The Bertz CT molecular complexity index is 1730. The van der Waals surface area contributed by atoms with E-state index in [9.17, 15) is 9.90 Å². The van der Waals surface area contributed by atoms with Crippen LogP contribution < -0.4 is 0 Å². The molecule has 1 atom stereocenters. The lowest BCUT2D eigenvalue weighted by Gasteiger charge is -2.46. The molecule has 0 aromatic heterocycles. The van der Waals surface area contributed by atoms with Crippen LogP contribution in [-0.2, 0) is 9.53 Å². The highest BCUT2D eigenvalue weighted by atomic mass is 16.5. The molecule has 0 saturated carbocycles. The van der Waals surface area contributed by atoms with Crippen LogP contribution in [0.5, 0.6) is 0 Å². The summed E-state index contributed by atoms with van der Waals surface area (Å²) in [4.78, 5) is 34.7. The number of aliphatic hydroxyl groups excluding tert-OH is 3. The number of ether oxygens (including phenoxy) is 1. The molecule has 0 amide bonds. The van der Waals surface area contributed by atoms with Crippen molar-refractivity contribution in [3.05, 3.63) is 0 Å². The van der Waals surface area contributed by atoms with E-state index in [1.807, 2.05) is 6.92 Å². The minimum atomic E-state index is -0.626. The number of hydrogen-bond donors (Lipinski definition) is 5. The zero-order valence-corrected chi connectivity index (χ0v) is 65.0. The van der Waals surface area contributed by atoms with Gasteiger partial charge in [0.1, 0.15) is 0 Å². The predicted octanol–water partition coefficient (Wildman–Crippen LogP) is 10.6. The van der Waals surface area contributed by atoms with Crippen LogP contribution in [0.15, 0.2) is 0 Å². The van der Waals surface area contributed by atoms with Gasteiger partial charge in [-0.25, -0.2) is 0 Å². The number of likely N-dealkylation sites (tertiary alicyclic amines) is 10. The van der Waals surface area contributed by atoms with Gasteiger partial charge in [-0.1, -0.05) is 19.8 Å². The molecule has 10 rings (SSSR count). The maximum absolute atomic E-state index is 10.6. The molecule has 1 unspecified atom stereocenters. The molecule has 10 aliphatic heterocycles. The molecule has 0 aliphatic carbocycles. The second kappa shape index (κ2) is 47.0. The van der Waals surface area contributed by atoms with Crippen LogP contribution >= 0.6 is 0 Å². The topological polar surface area (TPSA) is 160 Å². The van der Waals surface area contributed by atoms with Crippen molar-refractivity contribution >= 4 is 5.97 Å². The predicted molar refractivity (Wildman–Crippen MR) is 391 cm³/mol. The lowest BCUT2D eigenvalue weighted by molar-refractivity contribution is -0.143. The van der Waals surface area contributed by atoms with Gasteiger partial charge in [-0.15, -0.1) is 0 Å². The first-order valence-electron chi connectivity index (χ1n) is 37.8. The zero-order chi connectivity index (χ0) is 70.1. The smallest absolute Gasteiger partial charge is 0.306 e. The Morgan fingerprint density at radius 3 is 1.01 bits per heavy atom. The van der Waals surface area contributed by atoms with E-state index >= 15 is 0 Å². The van der Waals surface area contributed by atoms with Gasteiger partial charge in [-0.2, -0.15) is 0 Å². The van der Waals surface area contributed by atoms with Crippen molar-refractivity contribution < 1.29 is 35.1 Å². The van der Waals surface area contributed by atoms with Gasteiger partial charge in [0, 0.05) is 145 Å². The van der Waals surface area contributed by atoms with E-state index in [0.29, 0.717) is 60.4 Å². The molecule has 17 nitrogen and oxygen atoms in total. The summed E-state index contributed by atoms with van der Waals surface area (Å²) in [6.07, 6.45) is 15.7. The van der Waals surface area contributed by atoms with Crippen molar-refractivity contribution in [3.8, 4) is 0 Å². The van der Waals surface area contributed by atoms with Gasteiger partial charge in [0.25, 0.3) is 0 Å². The van der Waals surface area contributed by atoms with E-state index in [0.717, 1.165) is 122 Å². The lowest BCUT2D eigenvalue weighted by atomic mass is 9.91. The molecule has 5 N–H and O–H groups in total. The Morgan fingerprint density at radius 2 is 0.772 bits per heavy atom. The number of aliphatic carboxylic acids is 1. The number of carboxylic acids is 1. The molecule has 10 saturated heterocycles. The summed E-state index contributed by atoms with van der Waals surface area (Å²) in [5.74, 6) is 0.842. The van der Waals surface area contributed by atoms with Crippen molar-refractivity contribution in [2.24, 2.45) is 17.8 Å². The minimum absolute atomic E-state index is 0.0441. The molecule has 0 bridgehead atoms. The van der Waals surface area contributed by atoms with Crippen LogP contribution in [0.2, 0.25) is 0 Å². The van der Waals surface area contributed by atoms with E-state index in [4.69, 9.17) is 25.2 Å². The number of rotatable bonds is 13. The van der Waals surface area contributed by atoms with E-state index in [-0.39, 0.29) is 18.1 Å². The van der Waals surface area contributed by atoms with E-state index in [1.165, 1.54) is 110 Å². The first-order chi connectivity index (χ1) is 42.9. The van der Waals surface area contributed by atoms with Gasteiger partial charge in [0.15, 0.2) is 0 Å². The molecule has 92 heavy (non-hydrogen) atoms. The summed E-state index contributed by atoms with van der Waals surface area (Å²) in [6.45, 7) is 73.4. The highest BCUT2D eigenvalue weighted by molar-refractivity contribution is 5.70. The molecule has 0 radical (unpaired) electrons. The average Bonchev–Trinajstić information content (AvgIpc) is 1.08. The summed E-state index contributed by atoms with van der Waals surface area (Å²) in [6, 6.07) is 6.03. The fraction of sp³-hybridized carbons (Fsp3) is 0.987. The average molecular weight is 1310 g/mol. The number of hydrogen-bond acceptors (Lipinski definition) is 16. The van der Waals surface area contributed by atoms with Gasteiger partial charge in [0.2, 0.25) is 0 Å². The third-order valence-corrected chi connectivity index (χ3v) is 20.6. The van der Waals surface area contributed by atoms with Crippen molar-refractivity contribution in [3.63, 3.8) is 0 Å². The Kier molecular flexibility index (Phi) is 45.4. The molecular weight excluding hydrogens is 1150 g/mol. The first-order valence-corrected chi connectivity index (χ1v) is 37.8. The lowest BCUT2D eigenvalue weighted by Crippen LogP contribution is -2.61. The zero-order valence-electron chi connectivity index (χ0n) is 65.0. The fourth-order valence-electron chi connectivity index (χ4n) is 12.8. The summed E-state index contributed by atoms with van der Waals surface area (Å²) in [5, 5.41) is 44.6. The van der Waals surface area contributed by atoms with E-state index < -0.39 is 11.6 Å². The Labute approximate surface area is 570 Å². The fourth-order valence-corrected chi connectivity index (χ4v) is 12.8. The summed E-state index contributed by atoms with van der Waals surface area (Å²) in [7, 11) is 1.78. The Balaban J connectivity index is 0.000000513. The molecule has 10 heterocycles. The largest absolute Gasteiger partial charge is 0.481 e. The van der Waals surface area contributed by atoms with Crippen LogP contribution in [-0.4, -0.2) is 309 Å². The standard InChI is InChI=1S/C11H23N.C9H17NO2.C8H17N.4C7H15NO.C7H15N.C6H13NO.C6H13N/c1-5-10-6-8-12(9-7-10)11(2,3)4;1-7(2)10-5-3-8(4-6-10)9(11)12;1-8(2)9-6-4-3-5-7-9;1-6(2)8-4-7(5-8)9-3;1-6(2)8-4-7(3,9)5-8;1-6(2)8-3-7(4-8)5-9;1-6(2)8-4-3-7(9)5-8;1-7(2)8-5-3-4-6-8;1-5(2)7-3-6(8)4-7;1-6(2)7-4-3-5-7/h10H,5-9H2,1-4H3;7-8H,3-6H2,1-2H3,(H,11,12);8H,3-7H2,1-2H3;6-7H,4-5H2,1-3H3;6,9H,4-5H2,1-3H3;2*6-7,9H,3-5H2,1-2H3;7H,3-6H2,1-2H3;5-6,8H,3-4H2,1-2H3;6H,3-5H2,1-2H3. The second-order valence-electron chi connectivity index (χ2n) is 32.5. The number of carboxylic acid groups (broad SMARTS) is 1. The normalized spacial score (nSPS) is 23.8. The van der Waals surface area contributed by atoms with Crippen LogP contribution in [0, 0.1) is 17.8 Å². The third kappa shape index (κ3) is 37.7. The van der Waals surface area contributed by atoms with Crippen LogP contribution in [0.4, 0.5) is 0 Å². The molecule has 10 aliphatic rings. The molecule has 10 fully saturated rings. The highest BCUT2D eigenvalue weighted by Crippen LogP contribution is 2.26. The SMILES string of the molecule is CC(C)N1CC(C)(O)C1.CC(C)N1CC(CO)C1.CC(C)N1CC(O)C1.CC(C)N1CCC(C(=O)O)CC1.CC(C)N1CCC(O)C1.CC(C)N1CCC1.CC(C)N1CCCC1.CC(C)N1CCCCC1.CCC1CCN(C(C)(C)C)CC1.COC1CN(C(C)C)C1. The Morgan fingerprint density at radius 1 is 0.435 bits per heavy atom. The monoisotopic (exact) mass is 1310 g/mol. The van der Waals surface area contributed by atoms with Crippen LogP contribution in [0.1, 0.15) is 236 Å². The molecule has 0 spiro atoms. The number of piperidine rings is 3. The first kappa shape index (κ1) is 88.9. The third-order valence-electron chi connectivity index (χ3n) is 20.6. The number of carbonyl (C=O) groups is 1. The quantitative estimate of drug-likeness (QED) is 0.118.